The molecule has 2 aromatic rings. The van der Waals surface area contributed by atoms with Crippen LogP contribution in [0.1, 0.15) is 32.8 Å². The van der Waals surface area contributed by atoms with E-state index < -0.39 is 6.04 Å². The zero-order valence-corrected chi connectivity index (χ0v) is 21.5. The lowest BCUT2D eigenvalue weighted by Gasteiger charge is -2.31. The van der Waals surface area contributed by atoms with Crippen LogP contribution in [0.15, 0.2) is 42.5 Å². The van der Waals surface area contributed by atoms with E-state index in [2.05, 4.69) is 27.9 Å². The molecule has 1 atom stereocenters. The van der Waals surface area contributed by atoms with E-state index in [4.69, 9.17) is 27.9 Å². The van der Waals surface area contributed by atoms with Crippen molar-refractivity contribution in [3.05, 3.63) is 61.6 Å². The van der Waals surface area contributed by atoms with Gasteiger partial charge in [-0.2, -0.15) is 0 Å². The first-order valence-electron chi connectivity index (χ1n) is 10.1. The fraction of sp³-hybridized carbons (Fsp3) is 0.391. The highest BCUT2D eigenvalue weighted by Crippen LogP contribution is 2.27. The fourth-order valence-electron chi connectivity index (χ4n) is 2.95. The van der Waals surface area contributed by atoms with Crippen LogP contribution in [0.25, 0.3) is 0 Å². The number of nitrogens with zero attached hydrogens (tertiary/aromatic N) is 1. The minimum Gasteiger partial charge on any atom is -0.484 e. The molecule has 0 radical (unpaired) electrons. The van der Waals surface area contributed by atoms with Gasteiger partial charge in [-0.3, -0.25) is 9.59 Å². The van der Waals surface area contributed by atoms with E-state index >= 15 is 0 Å². The first-order valence-corrected chi connectivity index (χ1v) is 11.9. The highest BCUT2D eigenvalue weighted by Gasteiger charge is 2.30. The molecule has 5 nitrogen and oxygen atoms in total. The Morgan fingerprint density at radius 3 is 2.26 bits per heavy atom. The topological polar surface area (TPSA) is 58.6 Å². The van der Waals surface area contributed by atoms with Gasteiger partial charge in [-0.05, 0) is 71.3 Å². The van der Waals surface area contributed by atoms with Gasteiger partial charge in [-0.15, -0.1) is 0 Å². The third-order valence-corrected chi connectivity index (χ3v) is 6.06. The van der Waals surface area contributed by atoms with Gasteiger partial charge in [0.05, 0.1) is 0 Å². The molecule has 8 heteroatoms. The van der Waals surface area contributed by atoms with Crippen LogP contribution in [0.4, 0.5) is 0 Å². The minimum atomic E-state index is -0.668. The third-order valence-electron chi connectivity index (χ3n) is 4.64. The summed E-state index contributed by atoms with van der Waals surface area (Å²) in [6.45, 7) is 6.35. The van der Waals surface area contributed by atoms with Crippen LogP contribution in [-0.2, 0) is 16.1 Å². The number of hydrogen-bond acceptors (Lipinski definition) is 3. The van der Waals surface area contributed by atoms with Gasteiger partial charge < -0.3 is 15.0 Å². The molecule has 168 valence electrons. The van der Waals surface area contributed by atoms with Gasteiger partial charge in [0.1, 0.15) is 11.8 Å². The lowest BCUT2D eigenvalue weighted by Crippen LogP contribution is -2.50. The monoisotopic (exact) mass is 576 g/mol. The number of halogens is 3. The number of ether oxygens (including phenoxy) is 1. The number of rotatable bonds is 10. The molecule has 0 aliphatic heterocycles. The summed E-state index contributed by atoms with van der Waals surface area (Å²) in [5.41, 5.74) is 0.601. The number of amides is 2. The summed E-state index contributed by atoms with van der Waals surface area (Å²) in [7, 11) is 0. The van der Waals surface area contributed by atoms with Gasteiger partial charge in [-0.1, -0.05) is 50.0 Å². The van der Waals surface area contributed by atoms with E-state index in [1.54, 1.807) is 30.3 Å². The Morgan fingerprint density at radius 1 is 1.10 bits per heavy atom. The van der Waals surface area contributed by atoms with Crippen molar-refractivity contribution in [2.45, 2.75) is 39.8 Å². The first-order chi connectivity index (χ1) is 14.7. The Labute approximate surface area is 207 Å². The van der Waals surface area contributed by atoms with Crippen LogP contribution in [-0.4, -0.2) is 35.9 Å². The van der Waals surface area contributed by atoms with E-state index in [1.165, 1.54) is 4.90 Å². The summed E-state index contributed by atoms with van der Waals surface area (Å²) >= 11 is 14.9. The van der Waals surface area contributed by atoms with Crippen LogP contribution >= 0.6 is 45.8 Å². The maximum absolute atomic E-state index is 13.2. The second-order valence-electron chi connectivity index (χ2n) is 7.53. The standard InChI is InChI=1S/C23H27Cl2IN2O3/c1-4-21(23(30)27-12-15(2)3)28(13-18-19(24)6-5-7-20(18)25)22(29)14-31-17-10-8-16(26)9-11-17/h5-11,15,21H,4,12-14H2,1-3H3,(H,27,30)/t21-/m0/s1. The summed E-state index contributed by atoms with van der Waals surface area (Å²) in [6.07, 6.45) is 0.446. The van der Waals surface area contributed by atoms with E-state index in [0.717, 1.165) is 3.57 Å². The summed E-state index contributed by atoms with van der Waals surface area (Å²) in [6, 6.07) is 11.9. The molecule has 2 rings (SSSR count). The van der Waals surface area contributed by atoms with E-state index in [9.17, 15) is 9.59 Å². The van der Waals surface area contributed by atoms with Crippen LogP contribution in [0.5, 0.6) is 5.75 Å². The van der Waals surface area contributed by atoms with Crippen molar-refractivity contribution in [1.29, 1.82) is 0 Å². The molecule has 0 spiro atoms. The Balaban J connectivity index is 2.25. The third kappa shape index (κ3) is 7.84. The summed E-state index contributed by atoms with van der Waals surface area (Å²) in [5.74, 6) is 0.359. The molecule has 2 amide bonds. The average molecular weight is 577 g/mol. The zero-order valence-electron chi connectivity index (χ0n) is 17.8. The first kappa shape index (κ1) is 25.7. The SMILES string of the molecule is CC[C@@H](C(=O)NCC(C)C)N(Cc1c(Cl)cccc1Cl)C(=O)COc1ccc(I)cc1. The Morgan fingerprint density at radius 2 is 1.71 bits per heavy atom. The van der Waals surface area contributed by atoms with Crippen molar-refractivity contribution in [2.75, 3.05) is 13.2 Å². The van der Waals surface area contributed by atoms with Gasteiger partial charge in [0.15, 0.2) is 6.61 Å². The number of benzene rings is 2. The number of carbonyl (C=O) groups is 2. The maximum Gasteiger partial charge on any atom is 0.261 e. The van der Waals surface area contributed by atoms with Crippen molar-refractivity contribution >= 4 is 57.6 Å². The molecule has 0 heterocycles. The van der Waals surface area contributed by atoms with Crippen molar-refractivity contribution in [3.8, 4) is 5.75 Å². The Bertz CT molecular complexity index is 871. The van der Waals surface area contributed by atoms with Gasteiger partial charge >= 0.3 is 0 Å². The average Bonchev–Trinajstić information content (AvgIpc) is 2.73. The maximum atomic E-state index is 13.2. The smallest absolute Gasteiger partial charge is 0.261 e. The predicted molar refractivity (Wildman–Crippen MR) is 134 cm³/mol. The van der Waals surface area contributed by atoms with Gasteiger partial charge in [0.25, 0.3) is 5.91 Å². The highest BCUT2D eigenvalue weighted by atomic mass is 127. The second kappa shape index (κ2) is 12.5. The Hall–Kier alpha value is -1.51. The summed E-state index contributed by atoms with van der Waals surface area (Å²) in [5, 5.41) is 3.81. The number of hydrogen-bond donors (Lipinski definition) is 1. The molecule has 1 N–H and O–H groups in total. The number of carbonyl (C=O) groups excluding carboxylic acids is 2. The summed E-state index contributed by atoms with van der Waals surface area (Å²) in [4.78, 5) is 27.6. The van der Waals surface area contributed by atoms with Crippen molar-refractivity contribution in [1.82, 2.24) is 10.2 Å². The second-order valence-corrected chi connectivity index (χ2v) is 9.59. The molecule has 0 aliphatic carbocycles. The molecular weight excluding hydrogens is 550 g/mol. The normalized spacial score (nSPS) is 11.8. The molecule has 0 bridgehead atoms. The van der Waals surface area contributed by atoms with E-state index in [0.29, 0.717) is 40.2 Å². The molecule has 0 fully saturated rings. The van der Waals surface area contributed by atoms with Gasteiger partial charge in [0, 0.05) is 32.3 Å². The molecule has 31 heavy (non-hydrogen) atoms. The van der Waals surface area contributed by atoms with Gasteiger partial charge in [0.2, 0.25) is 5.91 Å². The zero-order chi connectivity index (χ0) is 23.0. The largest absolute Gasteiger partial charge is 0.484 e. The summed E-state index contributed by atoms with van der Waals surface area (Å²) < 4.78 is 6.75. The van der Waals surface area contributed by atoms with Crippen LogP contribution in [0, 0.1) is 9.49 Å². The fourth-order valence-corrected chi connectivity index (χ4v) is 3.83. The van der Waals surface area contributed by atoms with Crippen LogP contribution < -0.4 is 10.1 Å². The van der Waals surface area contributed by atoms with Crippen molar-refractivity contribution < 1.29 is 14.3 Å². The molecule has 0 saturated heterocycles. The van der Waals surface area contributed by atoms with Crippen molar-refractivity contribution in [3.63, 3.8) is 0 Å². The van der Waals surface area contributed by atoms with E-state index in [-0.39, 0.29) is 25.0 Å². The predicted octanol–water partition coefficient (Wildman–Crippen LogP) is 5.56. The Kier molecular flexibility index (Phi) is 10.4. The highest BCUT2D eigenvalue weighted by molar-refractivity contribution is 14.1. The molecule has 2 aromatic carbocycles. The van der Waals surface area contributed by atoms with E-state index in [1.807, 2.05) is 32.9 Å². The quantitative estimate of drug-likeness (QED) is 0.377. The molecule has 0 saturated carbocycles. The number of nitrogens with one attached hydrogen (secondary N) is 1. The molecule has 0 aromatic heterocycles. The molecular formula is C23H27Cl2IN2O3. The minimum absolute atomic E-state index is 0.112. The van der Waals surface area contributed by atoms with Crippen molar-refractivity contribution in [2.24, 2.45) is 5.92 Å². The van der Waals surface area contributed by atoms with Gasteiger partial charge in [-0.25, -0.2) is 0 Å². The lowest BCUT2D eigenvalue weighted by molar-refractivity contribution is -0.143. The van der Waals surface area contributed by atoms with Crippen LogP contribution in [0.2, 0.25) is 10.0 Å². The molecule has 0 unspecified atom stereocenters. The molecule has 0 aliphatic rings. The lowest BCUT2D eigenvalue weighted by atomic mass is 10.1. The van der Waals surface area contributed by atoms with Crippen LogP contribution in [0.3, 0.4) is 0 Å².